The number of hydrogen-bond donors (Lipinski definition) is 2. The zero-order valence-corrected chi connectivity index (χ0v) is 26.9. The molecule has 9 nitrogen and oxygen atoms in total. The predicted octanol–water partition coefficient (Wildman–Crippen LogP) is 7.92. The molecule has 258 valence electrons. The third-order valence-corrected chi connectivity index (χ3v) is 8.04. The molecule has 0 bridgehead atoms. The van der Waals surface area contributed by atoms with Gasteiger partial charge < -0.3 is 38.6 Å². The second kappa shape index (κ2) is 16.4. The van der Waals surface area contributed by atoms with Crippen LogP contribution >= 0.6 is 11.3 Å². The average Bonchev–Trinajstić information content (AvgIpc) is 3.60. The minimum absolute atomic E-state index is 0.0673. The van der Waals surface area contributed by atoms with Crippen LogP contribution in [0.4, 0.5) is 17.6 Å². The zero-order valence-electron chi connectivity index (χ0n) is 26.1. The zero-order chi connectivity index (χ0) is 34.9. The van der Waals surface area contributed by atoms with Crippen LogP contribution in [-0.2, 0) is 0 Å². The molecule has 0 spiro atoms. The van der Waals surface area contributed by atoms with Crippen LogP contribution in [0.3, 0.4) is 0 Å². The molecule has 14 heteroatoms. The van der Waals surface area contributed by atoms with Crippen molar-refractivity contribution in [3.63, 3.8) is 0 Å². The second-order valence-corrected chi connectivity index (χ2v) is 11.2. The molecule has 0 aliphatic carbocycles. The molecule has 2 N–H and O–H groups in total. The fraction of sp³-hybridized carbons (Fsp3) is 0.229. The predicted molar refractivity (Wildman–Crippen MR) is 173 cm³/mol. The van der Waals surface area contributed by atoms with Crippen molar-refractivity contribution in [3.8, 4) is 56.3 Å². The van der Waals surface area contributed by atoms with E-state index in [9.17, 15) is 27.8 Å². The largest absolute Gasteiger partial charge is 0.493 e. The van der Waals surface area contributed by atoms with Crippen molar-refractivity contribution in [1.29, 1.82) is 0 Å². The van der Waals surface area contributed by atoms with Crippen molar-refractivity contribution in [1.82, 2.24) is 4.98 Å². The molecular formula is C35H31F4NO8S. The van der Waals surface area contributed by atoms with Gasteiger partial charge in [0, 0.05) is 16.5 Å². The van der Waals surface area contributed by atoms with Gasteiger partial charge in [0.1, 0.15) is 41.9 Å². The number of benzene rings is 4. The van der Waals surface area contributed by atoms with Crippen molar-refractivity contribution in [2.75, 3.05) is 27.4 Å². The highest BCUT2D eigenvalue weighted by Gasteiger charge is 2.17. The number of ether oxygens (including phenoxy) is 6. The summed E-state index contributed by atoms with van der Waals surface area (Å²) in [5, 5.41) is 23.8. The normalized spacial score (nSPS) is 12.4. The van der Waals surface area contributed by atoms with Crippen molar-refractivity contribution in [2.24, 2.45) is 0 Å². The number of aliphatic hydroxyl groups excluding tert-OH is 2. The molecule has 1 aromatic heterocycles. The SMILES string of the molecule is COc1cc(C(O)COc2ccc(-c3csc(-c4ccc(OCC(O)c5ccc(OC(F)F)c(OC)c5)cc4)n3)cc2)ccc1OC(F)F. The molecule has 5 rings (SSSR count). The third-order valence-electron chi connectivity index (χ3n) is 7.15. The Bertz CT molecular complexity index is 1680. The van der Waals surface area contributed by atoms with Crippen LogP contribution < -0.4 is 28.4 Å². The van der Waals surface area contributed by atoms with E-state index in [1.165, 1.54) is 62.0 Å². The Morgan fingerprint density at radius 2 is 1.06 bits per heavy atom. The molecule has 0 radical (unpaired) electrons. The first-order chi connectivity index (χ1) is 23.6. The van der Waals surface area contributed by atoms with Gasteiger partial charge in [-0.1, -0.05) is 12.1 Å². The molecule has 0 saturated heterocycles. The fourth-order valence-corrected chi connectivity index (χ4v) is 5.50. The number of methoxy groups -OCH3 is 2. The molecule has 0 aliphatic rings. The van der Waals surface area contributed by atoms with Gasteiger partial charge in [-0.3, -0.25) is 0 Å². The summed E-state index contributed by atoms with van der Waals surface area (Å²) in [4.78, 5) is 4.74. The first-order valence-corrected chi connectivity index (χ1v) is 15.5. The summed E-state index contributed by atoms with van der Waals surface area (Å²) in [6.45, 7) is -6.17. The molecule has 0 fully saturated rings. The van der Waals surface area contributed by atoms with E-state index in [2.05, 4.69) is 9.47 Å². The van der Waals surface area contributed by atoms with E-state index in [1.807, 2.05) is 29.6 Å². The monoisotopic (exact) mass is 701 g/mol. The van der Waals surface area contributed by atoms with Crippen molar-refractivity contribution in [3.05, 3.63) is 101 Å². The summed E-state index contributed by atoms with van der Waals surface area (Å²) < 4.78 is 80.8. The van der Waals surface area contributed by atoms with Crippen LogP contribution in [0.1, 0.15) is 23.3 Å². The first-order valence-electron chi connectivity index (χ1n) is 14.7. The summed E-state index contributed by atoms with van der Waals surface area (Å²) in [5.41, 5.74) is 3.30. The van der Waals surface area contributed by atoms with E-state index in [0.29, 0.717) is 22.6 Å². The van der Waals surface area contributed by atoms with E-state index in [0.717, 1.165) is 21.8 Å². The van der Waals surface area contributed by atoms with E-state index in [1.54, 1.807) is 24.3 Å². The average molecular weight is 702 g/mol. The van der Waals surface area contributed by atoms with Crippen LogP contribution in [-0.4, -0.2) is 55.9 Å². The summed E-state index contributed by atoms with van der Waals surface area (Å²) in [5.74, 6) is 0.895. The van der Waals surface area contributed by atoms with Crippen molar-refractivity contribution < 1.29 is 56.2 Å². The number of hydrogen-bond acceptors (Lipinski definition) is 10. The van der Waals surface area contributed by atoms with Crippen LogP contribution in [0.15, 0.2) is 90.3 Å². The first kappa shape index (κ1) is 35.3. The topological polar surface area (TPSA) is 109 Å². The number of aliphatic hydroxyl groups is 2. The standard InChI is InChI=1S/C35H31F4NO8S/c1-43-31-15-22(7-13-29(31)47-34(36)37)27(41)17-45-24-9-3-20(4-10-24)26-19-49-33(40-26)21-5-11-25(12-6-21)46-18-28(42)23-8-14-30(48-35(38)39)32(16-23)44-2/h3-16,19,27-28,34-35,41-42H,17-18H2,1-2H3. The lowest BCUT2D eigenvalue weighted by molar-refractivity contribution is -0.0518. The Hall–Kier alpha value is -5.05. The number of alkyl halides is 4. The quantitative estimate of drug-likeness (QED) is 0.0992. The number of rotatable bonds is 16. The van der Waals surface area contributed by atoms with Gasteiger partial charge in [0.25, 0.3) is 0 Å². The molecule has 2 atom stereocenters. The summed E-state index contributed by atoms with van der Waals surface area (Å²) in [7, 11) is 2.63. The Labute approximate surface area is 282 Å². The van der Waals surface area contributed by atoms with Gasteiger partial charge in [0.15, 0.2) is 23.0 Å². The van der Waals surface area contributed by atoms with Crippen molar-refractivity contribution >= 4 is 11.3 Å². The Balaban J connectivity index is 1.14. The lowest BCUT2D eigenvalue weighted by atomic mass is 10.1. The van der Waals surface area contributed by atoms with Gasteiger partial charge in [-0.15, -0.1) is 11.3 Å². The summed E-state index contributed by atoms with van der Waals surface area (Å²) in [6, 6.07) is 22.8. The van der Waals surface area contributed by atoms with Gasteiger partial charge in [-0.25, -0.2) is 4.98 Å². The lowest BCUT2D eigenvalue weighted by Gasteiger charge is -2.16. The fourth-order valence-electron chi connectivity index (χ4n) is 4.67. The van der Waals surface area contributed by atoms with E-state index in [-0.39, 0.29) is 36.2 Å². The molecular weight excluding hydrogens is 670 g/mol. The Morgan fingerprint density at radius 1 is 0.612 bits per heavy atom. The Kier molecular flexibility index (Phi) is 11.8. The van der Waals surface area contributed by atoms with Gasteiger partial charge in [-0.05, 0) is 83.9 Å². The molecule has 1 heterocycles. The number of halogens is 4. The van der Waals surface area contributed by atoms with E-state index < -0.39 is 25.4 Å². The van der Waals surface area contributed by atoms with Crippen LogP contribution in [0, 0.1) is 0 Å². The highest BCUT2D eigenvalue weighted by molar-refractivity contribution is 7.13. The van der Waals surface area contributed by atoms with Gasteiger partial charge in [0.05, 0.1) is 19.9 Å². The number of thiazole rings is 1. The van der Waals surface area contributed by atoms with E-state index in [4.69, 9.17) is 23.9 Å². The molecule has 4 aromatic carbocycles. The molecule has 0 saturated carbocycles. The summed E-state index contributed by atoms with van der Waals surface area (Å²) in [6.07, 6.45) is -2.09. The molecule has 49 heavy (non-hydrogen) atoms. The second-order valence-electron chi connectivity index (χ2n) is 10.3. The minimum atomic E-state index is -3.00. The highest BCUT2D eigenvalue weighted by atomic mass is 32.1. The maximum absolute atomic E-state index is 12.6. The smallest absolute Gasteiger partial charge is 0.387 e. The van der Waals surface area contributed by atoms with Crippen molar-refractivity contribution in [2.45, 2.75) is 25.4 Å². The minimum Gasteiger partial charge on any atom is -0.493 e. The van der Waals surface area contributed by atoms with E-state index >= 15 is 0 Å². The molecule has 5 aromatic rings. The third kappa shape index (κ3) is 9.31. The maximum Gasteiger partial charge on any atom is 0.387 e. The molecule has 2 unspecified atom stereocenters. The van der Waals surface area contributed by atoms with Crippen LogP contribution in [0.25, 0.3) is 21.8 Å². The summed E-state index contributed by atoms with van der Waals surface area (Å²) >= 11 is 1.46. The van der Waals surface area contributed by atoms with Gasteiger partial charge in [0.2, 0.25) is 0 Å². The van der Waals surface area contributed by atoms with Gasteiger partial charge >= 0.3 is 13.2 Å². The molecule has 0 amide bonds. The number of nitrogens with zero attached hydrogens (tertiary/aromatic N) is 1. The Morgan fingerprint density at radius 3 is 1.49 bits per heavy atom. The van der Waals surface area contributed by atoms with Crippen LogP contribution in [0.2, 0.25) is 0 Å². The lowest BCUT2D eigenvalue weighted by Crippen LogP contribution is -2.10. The highest BCUT2D eigenvalue weighted by Crippen LogP contribution is 2.34. The number of aromatic nitrogens is 1. The van der Waals surface area contributed by atoms with Gasteiger partial charge in [-0.2, -0.15) is 17.6 Å². The maximum atomic E-state index is 12.6. The molecule has 0 aliphatic heterocycles. The van der Waals surface area contributed by atoms with Crippen LogP contribution in [0.5, 0.6) is 34.5 Å².